The van der Waals surface area contributed by atoms with E-state index in [9.17, 15) is 26.3 Å². The average molecular weight is 317 g/mol. The zero-order chi connectivity index (χ0) is 15.8. The van der Waals surface area contributed by atoms with Crippen LogP contribution in [0.1, 0.15) is 18.1 Å². The lowest BCUT2D eigenvalue weighted by atomic mass is 10.1. The van der Waals surface area contributed by atoms with Crippen molar-refractivity contribution >= 4 is 0 Å². The van der Waals surface area contributed by atoms with Gasteiger partial charge in [-0.05, 0) is 13.0 Å². The van der Waals surface area contributed by atoms with Gasteiger partial charge in [0, 0.05) is 13.1 Å². The van der Waals surface area contributed by atoms with Crippen LogP contribution in [0.5, 0.6) is 0 Å². The maximum Gasteiger partial charge on any atom is 0.451 e. The van der Waals surface area contributed by atoms with E-state index >= 15 is 0 Å². The fraction of sp³-hybridized carbons (Fsp3) is 0.800. The van der Waals surface area contributed by atoms with Crippen LogP contribution in [-0.2, 0) is 19.3 Å². The van der Waals surface area contributed by atoms with Crippen molar-refractivity contribution in [2.75, 3.05) is 13.1 Å². The summed E-state index contributed by atoms with van der Waals surface area (Å²) in [7, 11) is 0. The van der Waals surface area contributed by atoms with Crippen molar-refractivity contribution in [3.63, 3.8) is 0 Å². The van der Waals surface area contributed by atoms with Gasteiger partial charge in [0.2, 0.25) is 5.82 Å². The second-order valence-electron chi connectivity index (χ2n) is 4.69. The molecule has 0 spiro atoms. The number of aromatic nitrogens is 3. The van der Waals surface area contributed by atoms with Crippen molar-refractivity contribution in [1.82, 2.24) is 19.7 Å². The third kappa shape index (κ3) is 3.28. The van der Waals surface area contributed by atoms with E-state index in [0.29, 0.717) is 0 Å². The Morgan fingerprint density at radius 3 is 2.29 bits per heavy atom. The van der Waals surface area contributed by atoms with E-state index in [1.54, 1.807) is 0 Å². The van der Waals surface area contributed by atoms with Crippen LogP contribution in [0, 0.1) is 0 Å². The summed E-state index contributed by atoms with van der Waals surface area (Å²) in [6.07, 6.45) is -9.48. The van der Waals surface area contributed by atoms with Crippen molar-refractivity contribution in [3.05, 3.63) is 11.6 Å². The molecule has 0 aliphatic carbocycles. The number of fused-ring (bicyclic) bond motifs is 1. The number of hydrogen-bond acceptors (Lipinski definition) is 4. The van der Waals surface area contributed by atoms with Crippen LogP contribution < -0.4 is 5.73 Å². The fourth-order valence-corrected chi connectivity index (χ4v) is 2.36. The molecule has 0 bridgehead atoms. The highest BCUT2D eigenvalue weighted by atomic mass is 19.4. The molecule has 2 heterocycles. The van der Waals surface area contributed by atoms with Crippen molar-refractivity contribution in [2.45, 2.75) is 37.9 Å². The molecular formula is C10H13F6N5. The Morgan fingerprint density at radius 2 is 1.76 bits per heavy atom. The molecule has 2 N–H and O–H groups in total. The molecule has 5 nitrogen and oxygen atoms in total. The van der Waals surface area contributed by atoms with Crippen LogP contribution in [-0.4, -0.2) is 45.0 Å². The zero-order valence-electron chi connectivity index (χ0n) is 10.7. The summed E-state index contributed by atoms with van der Waals surface area (Å²) in [6, 6.07) is -1.79. The maximum atomic E-state index is 12.9. The van der Waals surface area contributed by atoms with Crippen LogP contribution in [0.3, 0.4) is 0 Å². The lowest BCUT2D eigenvalue weighted by Crippen LogP contribution is -2.50. The number of nitrogens with zero attached hydrogens (tertiary/aromatic N) is 4. The number of alkyl halides is 6. The van der Waals surface area contributed by atoms with Gasteiger partial charge in [0.15, 0.2) is 0 Å². The Kier molecular flexibility index (Phi) is 4.15. The van der Waals surface area contributed by atoms with E-state index < -0.39 is 24.2 Å². The van der Waals surface area contributed by atoms with E-state index in [1.807, 2.05) is 0 Å². The topological polar surface area (TPSA) is 60.0 Å². The normalized spacial score (nSPS) is 18.6. The maximum absolute atomic E-state index is 12.9. The zero-order valence-corrected chi connectivity index (χ0v) is 10.7. The van der Waals surface area contributed by atoms with Gasteiger partial charge < -0.3 is 10.3 Å². The summed E-state index contributed by atoms with van der Waals surface area (Å²) in [5.41, 5.74) is 5.18. The summed E-state index contributed by atoms with van der Waals surface area (Å²) >= 11 is 0. The van der Waals surface area contributed by atoms with Gasteiger partial charge in [-0.15, -0.1) is 10.2 Å². The Morgan fingerprint density at radius 1 is 1.10 bits per heavy atom. The highest BCUT2D eigenvalue weighted by Gasteiger charge is 2.45. The molecule has 1 aromatic heterocycles. The molecule has 21 heavy (non-hydrogen) atoms. The minimum absolute atomic E-state index is 0.125. The van der Waals surface area contributed by atoms with Crippen LogP contribution in [0.2, 0.25) is 0 Å². The first kappa shape index (κ1) is 16.0. The first-order valence-electron chi connectivity index (χ1n) is 6.14. The molecular weight excluding hydrogens is 304 g/mol. The van der Waals surface area contributed by atoms with Gasteiger partial charge in [-0.1, -0.05) is 0 Å². The van der Waals surface area contributed by atoms with Crippen molar-refractivity contribution < 1.29 is 26.3 Å². The Balaban J connectivity index is 2.21. The van der Waals surface area contributed by atoms with Crippen LogP contribution in [0.4, 0.5) is 26.3 Å². The predicted molar refractivity (Wildman–Crippen MR) is 58.9 cm³/mol. The van der Waals surface area contributed by atoms with E-state index in [1.165, 1.54) is 0 Å². The molecule has 0 saturated heterocycles. The number of halogens is 6. The van der Waals surface area contributed by atoms with Gasteiger partial charge in [-0.2, -0.15) is 26.3 Å². The molecule has 0 radical (unpaired) electrons. The fourth-order valence-electron chi connectivity index (χ4n) is 2.36. The molecule has 1 aliphatic heterocycles. The number of rotatable bonds is 3. The van der Waals surface area contributed by atoms with Crippen LogP contribution in [0.25, 0.3) is 0 Å². The van der Waals surface area contributed by atoms with Gasteiger partial charge >= 0.3 is 12.4 Å². The molecule has 2 rings (SSSR count). The predicted octanol–water partition coefficient (Wildman–Crippen LogP) is 1.39. The number of hydrogen-bond donors (Lipinski definition) is 1. The van der Waals surface area contributed by atoms with E-state index in [0.717, 1.165) is 9.47 Å². The smallest absolute Gasteiger partial charge is 0.330 e. The number of nitrogens with two attached hydrogens (primary N) is 1. The second kappa shape index (κ2) is 5.44. The molecule has 120 valence electrons. The minimum atomic E-state index is -4.67. The van der Waals surface area contributed by atoms with Gasteiger partial charge in [0.1, 0.15) is 11.9 Å². The molecule has 0 fully saturated rings. The summed E-state index contributed by atoms with van der Waals surface area (Å²) in [6.45, 7) is -0.916. The molecule has 1 aromatic rings. The van der Waals surface area contributed by atoms with E-state index in [2.05, 4.69) is 10.2 Å². The quantitative estimate of drug-likeness (QED) is 0.856. The Hall–Kier alpha value is -1.36. The lowest BCUT2D eigenvalue weighted by molar-refractivity contribution is -0.189. The van der Waals surface area contributed by atoms with Crippen LogP contribution in [0.15, 0.2) is 0 Å². The summed E-state index contributed by atoms with van der Waals surface area (Å²) in [5, 5.41) is 6.38. The van der Waals surface area contributed by atoms with Gasteiger partial charge in [0.05, 0.1) is 6.54 Å². The SMILES string of the molecule is NCCC(N1CCn2c(nnc2C(F)(F)F)C1)C(F)(F)F. The molecule has 0 saturated carbocycles. The molecule has 1 aliphatic rings. The summed E-state index contributed by atoms with van der Waals surface area (Å²) in [4.78, 5) is 1.04. The van der Waals surface area contributed by atoms with Crippen molar-refractivity contribution in [2.24, 2.45) is 5.73 Å². The standard InChI is InChI=1S/C10H13F6N5/c11-9(12,13)6(1-2-17)20-3-4-21-7(5-20)18-19-8(21)10(14,15)16/h6H,1-5,17H2. The molecule has 1 atom stereocenters. The van der Waals surface area contributed by atoms with E-state index in [-0.39, 0.29) is 38.4 Å². The van der Waals surface area contributed by atoms with Gasteiger partial charge in [-0.3, -0.25) is 4.90 Å². The average Bonchev–Trinajstić information content (AvgIpc) is 2.76. The summed E-state index contributed by atoms with van der Waals surface area (Å²) < 4.78 is 77.6. The minimum Gasteiger partial charge on any atom is -0.330 e. The Labute approximate surface area is 115 Å². The first-order valence-corrected chi connectivity index (χ1v) is 6.14. The van der Waals surface area contributed by atoms with E-state index in [4.69, 9.17) is 5.73 Å². The monoisotopic (exact) mass is 317 g/mol. The molecule has 0 aromatic carbocycles. The Bertz CT molecular complexity index is 493. The van der Waals surface area contributed by atoms with Crippen molar-refractivity contribution in [1.29, 1.82) is 0 Å². The molecule has 11 heteroatoms. The second-order valence-corrected chi connectivity index (χ2v) is 4.69. The first-order chi connectivity index (χ1) is 9.64. The molecule has 1 unspecified atom stereocenters. The van der Waals surface area contributed by atoms with Gasteiger partial charge in [0.25, 0.3) is 0 Å². The van der Waals surface area contributed by atoms with Crippen LogP contribution >= 0.6 is 0 Å². The highest BCUT2D eigenvalue weighted by Crippen LogP contribution is 2.32. The molecule has 0 amide bonds. The van der Waals surface area contributed by atoms with Gasteiger partial charge in [-0.25, -0.2) is 0 Å². The third-order valence-corrected chi connectivity index (χ3v) is 3.29. The largest absolute Gasteiger partial charge is 0.451 e. The van der Waals surface area contributed by atoms with Crippen molar-refractivity contribution in [3.8, 4) is 0 Å². The third-order valence-electron chi connectivity index (χ3n) is 3.29. The summed E-state index contributed by atoms with van der Waals surface area (Å²) in [5.74, 6) is -1.31. The lowest BCUT2D eigenvalue weighted by Gasteiger charge is -2.35. The highest BCUT2D eigenvalue weighted by molar-refractivity contribution is 5.03.